The number of hydrogen-bond acceptors (Lipinski definition) is 7. The Kier molecular flexibility index (Phi) is 4.02. The maximum Gasteiger partial charge on any atom is 0.211 e. The highest BCUT2D eigenvalue weighted by Gasteiger charge is 2.26. The minimum atomic E-state index is -3.13. The summed E-state index contributed by atoms with van der Waals surface area (Å²) < 4.78 is 24.7. The van der Waals surface area contributed by atoms with Gasteiger partial charge in [-0.3, -0.25) is 0 Å². The molecular formula is C13H17N5O2S2. The van der Waals surface area contributed by atoms with Gasteiger partial charge < -0.3 is 10.6 Å². The Bertz CT molecular complexity index is 753. The van der Waals surface area contributed by atoms with Crippen molar-refractivity contribution < 1.29 is 8.42 Å². The molecule has 2 aromatic heterocycles. The van der Waals surface area contributed by atoms with Gasteiger partial charge in [-0.2, -0.15) is 4.31 Å². The number of hydrogen-bond donors (Lipinski definition) is 1. The first-order valence-electron chi connectivity index (χ1n) is 6.81. The van der Waals surface area contributed by atoms with Gasteiger partial charge in [0, 0.05) is 44.0 Å². The molecule has 0 spiro atoms. The van der Waals surface area contributed by atoms with E-state index in [1.54, 1.807) is 12.4 Å². The molecule has 0 saturated carbocycles. The van der Waals surface area contributed by atoms with E-state index < -0.39 is 10.0 Å². The van der Waals surface area contributed by atoms with Crippen molar-refractivity contribution in [1.82, 2.24) is 14.3 Å². The fourth-order valence-electron chi connectivity index (χ4n) is 2.56. The first kappa shape index (κ1) is 15.2. The lowest BCUT2D eigenvalue weighted by atomic mass is 10.2. The zero-order chi connectivity index (χ0) is 15.7. The van der Waals surface area contributed by atoms with E-state index in [1.807, 2.05) is 11.4 Å². The van der Waals surface area contributed by atoms with E-state index in [2.05, 4.69) is 14.9 Å². The number of nitrogens with zero attached hydrogens (tertiary/aromatic N) is 4. The smallest absolute Gasteiger partial charge is 0.211 e. The molecule has 9 heteroatoms. The Morgan fingerprint density at radius 2 is 1.91 bits per heavy atom. The van der Waals surface area contributed by atoms with Crippen LogP contribution in [0.1, 0.15) is 0 Å². The molecule has 0 bridgehead atoms. The topological polar surface area (TPSA) is 92.4 Å². The second kappa shape index (κ2) is 5.82. The van der Waals surface area contributed by atoms with Crippen LogP contribution in [0.15, 0.2) is 23.8 Å². The fourth-order valence-corrected chi connectivity index (χ4v) is 4.08. The van der Waals surface area contributed by atoms with Crippen molar-refractivity contribution in [3.8, 4) is 10.6 Å². The van der Waals surface area contributed by atoms with Gasteiger partial charge in [0.15, 0.2) is 0 Å². The summed E-state index contributed by atoms with van der Waals surface area (Å²) in [5, 5.41) is 2.72. The van der Waals surface area contributed by atoms with Gasteiger partial charge >= 0.3 is 0 Å². The highest BCUT2D eigenvalue weighted by molar-refractivity contribution is 7.88. The van der Waals surface area contributed by atoms with Crippen molar-refractivity contribution in [2.75, 3.05) is 43.1 Å². The summed E-state index contributed by atoms with van der Waals surface area (Å²) in [4.78, 5) is 10.6. The van der Waals surface area contributed by atoms with Crippen LogP contribution in [0.25, 0.3) is 10.6 Å². The number of piperazine rings is 1. The summed E-state index contributed by atoms with van der Waals surface area (Å²) >= 11 is 1.51. The maximum atomic E-state index is 11.6. The van der Waals surface area contributed by atoms with Crippen molar-refractivity contribution in [2.24, 2.45) is 0 Å². The molecule has 1 aliphatic rings. The zero-order valence-electron chi connectivity index (χ0n) is 12.1. The predicted molar refractivity (Wildman–Crippen MR) is 88.4 cm³/mol. The summed E-state index contributed by atoms with van der Waals surface area (Å²) in [6, 6.07) is 1.91. The molecule has 0 aromatic carbocycles. The van der Waals surface area contributed by atoms with Crippen LogP contribution in [0.3, 0.4) is 0 Å². The number of nitrogens with two attached hydrogens (primary N) is 1. The molecule has 118 valence electrons. The van der Waals surface area contributed by atoms with E-state index in [4.69, 9.17) is 5.73 Å². The number of aromatic nitrogens is 2. The highest BCUT2D eigenvalue weighted by atomic mass is 32.2. The molecule has 0 amide bonds. The summed E-state index contributed by atoms with van der Waals surface area (Å²) in [5.41, 5.74) is 7.82. The highest BCUT2D eigenvalue weighted by Crippen LogP contribution is 2.36. The number of rotatable bonds is 3. The van der Waals surface area contributed by atoms with Crippen LogP contribution < -0.4 is 10.6 Å². The molecule has 0 unspecified atom stereocenters. The van der Waals surface area contributed by atoms with Gasteiger partial charge in [0.25, 0.3) is 0 Å². The number of anilines is 2. The monoisotopic (exact) mass is 339 g/mol. The lowest BCUT2D eigenvalue weighted by Crippen LogP contribution is -2.48. The van der Waals surface area contributed by atoms with Gasteiger partial charge in [0.2, 0.25) is 10.0 Å². The predicted octanol–water partition coefficient (Wildman–Crippen LogP) is 0.869. The van der Waals surface area contributed by atoms with E-state index >= 15 is 0 Å². The van der Waals surface area contributed by atoms with Crippen LogP contribution in [-0.2, 0) is 10.0 Å². The van der Waals surface area contributed by atoms with Crippen LogP contribution in [0.5, 0.6) is 0 Å². The van der Waals surface area contributed by atoms with E-state index in [-0.39, 0.29) is 0 Å². The third-order valence-electron chi connectivity index (χ3n) is 3.65. The minimum Gasteiger partial charge on any atom is -0.383 e. The standard InChI is InChI=1S/C13H17N5O2S2/c1-22(19,20)18-7-5-17(6-8-18)10-2-3-15-12(14)11(10)13-16-4-9-21-13/h2-4,9H,5-8H2,1H3,(H2,14,15). The molecule has 3 heterocycles. The Hall–Kier alpha value is -1.71. The van der Waals surface area contributed by atoms with Crippen molar-refractivity contribution in [2.45, 2.75) is 0 Å². The molecule has 1 saturated heterocycles. The van der Waals surface area contributed by atoms with Crippen molar-refractivity contribution in [3.05, 3.63) is 23.8 Å². The van der Waals surface area contributed by atoms with Gasteiger partial charge in [-0.1, -0.05) is 0 Å². The number of thiazole rings is 1. The molecule has 0 radical (unpaired) electrons. The van der Waals surface area contributed by atoms with Gasteiger partial charge in [-0.15, -0.1) is 11.3 Å². The molecule has 22 heavy (non-hydrogen) atoms. The third kappa shape index (κ3) is 2.92. The minimum absolute atomic E-state index is 0.443. The molecule has 7 nitrogen and oxygen atoms in total. The maximum absolute atomic E-state index is 11.6. The van der Waals surface area contributed by atoms with Gasteiger partial charge in [0.05, 0.1) is 17.5 Å². The van der Waals surface area contributed by atoms with Crippen molar-refractivity contribution in [3.63, 3.8) is 0 Å². The molecule has 0 atom stereocenters. The third-order valence-corrected chi connectivity index (χ3v) is 5.75. The van der Waals surface area contributed by atoms with Gasteiger partial charge in [-0.25, -0.2) is 18.4 Å². The average Bonchev–Trinajstić information content (AvgIpc) is 3.00. The van der Waals surface area contributed by atoms with Crippen LogP contribution in [0.2, 0.25) is 0 Å². The molecule has 3 rings (SSSR count). The fraction of sp³-hybridized carbons (Fsp3) is 0.385. The zero-order valence-corrected chi connectivity index (χ0v) is 13.8. The number of pyridine rings is 1. The second-order valence-corrected chi connectivity index (χ2v) is 7.95. The lowest BCUT2D eigenvalue weighted by molar-refractivity contribution is 0.388. The summed E-state index contributed by atoms with van der Waals surface area (Å²) in [6.45, 7) is 2.18. The molecule has 2 aromatic rings. The van der Waals surface area contributed by atoms with E-state index in [0.29, 0.717) is 32.0 Å². The van der Waals surface area contributed by atoms with Crippen molar-refractivity contribution >= 4 is 32.9 Å². The number of nitrogen functional groups attached to an aromatic ring is 1. The largest absolute Gasteiger partial charge is 0.383 e. The average molecular weight is 339 g/mol. The quantitative estimate of drug-likeness (QED) is 0.892. The Morgan fingerprint density at radius 3 is 2.50 bits per heavy atom. The molecule has 2 N–H and O–H groups in total. The van der Waals surface area contributed by atoms with Gasteiger partial charge in [-0.05, 0) is 6.07 Å². The molecule has 0 aliphatic carbocycles. The van der Waals surface area contributed by atoms with Crippen LogP contribution in [0.4, 0.5) is 11.5 Å². The SMILES string of the molecule is CS(=O)(=O)N1CCN(c2ccnc(N)c2-c2nccs2)CC1. The van der Waals surface area contributed by atoms with E-state index in [0.717, 1.165) is 16.3 Å². The lowest BCUT2D eigenvalue weighted by Gasteiger charge is -2.35. The summed E-state index contributed by atoms with van der Waals surface area (Å²) in [7, 11) is -3.13. The molecule has 1 aliphatic heterocycles. The second-order valence-electron chi connectivity index (χ2n) is 5.08. The molecular weight excluding hydrogens is 322 g/mol. The Balaban J connectivity index is 1.90. The summed E-state index contributed by atoms with van der Waals surface area (Å²) in [5.74, 6) is 0.443. The van der Waals surface area contributed by atoms with Gasteiger partial charge in [0.1, 0.15) is 10.8 Å². The van der Waals surface area contributed by atoms with Crippen molar-refractivity contribution in [1.29, 1.82) is 0 Å². The van der Waals surface area contributed by atoms with Crippen LogP contribution >= 0.6 is 11.3 Å². The first-order valence-corrected chi connectivity index (χ1v) is 9.54. The van der Waals surface area contributed by atoms with E-state index in [1.165, 1.54) is 21.9 Å². The first-order chi connectivity index (χ1) is 10.5. The Morgan fingerprint density at radius 1 is 1.18 bits per heavy atom. The van der Waals surface area contributed by atoms with Crippen LogP contribution in [0, 0.1) is 0 Å². The summed E-state index contributed by atoms with van der Waals surface area (Å²) in [6.07, 6.45) is 4.65. The van der Waals surface area contributed by atoms with E-state index in [9.17, 15) is 8.42 Å². The van der Waals surface area contributed by atoms with Crippen LogP contribution in [-0.4, -0.2) is 55.1 Å². The Labute approximate surface area is 133 Å². The number of sulfonamides is 1. The normalized spacial score (nSPS) is 16.9. The molecule has 1 fully saturated rings.